The van der Waals surface area contributed by atoms with Gasteiger partial charge in [-0.2, -0.15) is 0 Å². The summed E-state index contributed by atoms with van der Waals surface area (Å²) in [6.45, 7) is 0. The van der Waals surface area contributed by atoms with Crippen molar-refractivity contribution in [3.05, 3.63) is 170 Å². The van der Waals surface area contributed by atoms with E-state index in [0.29, 0.717) is 17.5 Å². The second-order valence-electron chi connectivity index (χ2n) is 14.0. The lowest BCUT2D eigenvalue weighted by Crippen LogP contribution is -2.04. The van der Waals surface area contributed by atoms with E-state index in [4.69, 9.17) is 19.4 Å². The molecule has 6 heteroatoms. The van der Waals surface area contributed by atoms with Gasteiger partial charge in [-0.05, 0) is 59.3 Å². The monoisotopic (exact) mass is 720 g/mol. The van der Waals surface area contributed by atoms with Crippen LogP contribution < -0.4 is 0 Å². The molecule has 0 aliphatic rings. The van der Waals surface area contributed by atoms with Crippen molar-refractivity contribution in [2.75, 3.05) is 0 Å². The standard InChI is InChI=1S/C49H28N4OS/c1-2-13-29(14-3-1)47-50-48(52-49(51-47)37-21-12-20-34-33-18-8-11-24-43(33)55-46(34)37)36-25-26-42-44(35-19-7-10-23-41(35)54-42)45(36)53-39-22-9-6-17-32(39)38-27-30-15-4-5-16-31(30)28-40(38)53/h1-28H. The summed E-state index contributed by atoms with van der Waals surface area (Å²) in [6, 6.07) is 59.6. The summed E-state index contributed by atoms with van der Waals surface area (Å²) in [6.07, 6.45) is 0. The Morgan fingerprint density at radius 3 is 1.98 bits per heavy atom. The van der Waals surface area contributed by atoms with Crippen LogP contribution in [0.5, 0.6) is 0 Å². The minimum atomic E-state index is 0.593. The average Bonchev–Trinajstić information content (AvgIpc) is 3.92. The predicted octanol–water partition coefficient (Wildman–Crippen LogP) is 13.4. The number of para-hydroxylation sites is 2. The highest BCUT2D eigenvalue weighted by Crippen LogP contribution is 2.45. The molecular formula is C49H28N4OS. The lowest BCUT2D eigenvalue weighted by atomic mass is 10.0. The molecule has 0 amide bonds. The van der Waals surface area contributed by atoms with E-state index in [2.05, 4.69) is 144 Å². The van der Waals surface area contributed by atoms with Crippen LogP contribution in [0, 0.1) is 0 Å². The van der Waals surface area contributed by atoms with Crippen LogP contribution in [0.25, 0.3) is 115 Å². The summed E-state index contributed by atoms with van der Waals surface area (Å²) >= 11 is 1.78. The van der Waals surface area contributed by atoms with E-state index in [1.165, 1.54) is 37.0 Å². The number of furan rings is 1. The SMILES string of the molecule is c1ccc(-c2nc(-c3ccc4oc5ccccc5c4c3-n3c4ccccc4c4cc5ccccc5cc43)nc(-c3cccc4c3sc3ccccc34)n2)cc1. The zero-order chi connectivity index (χ0) is 36.0. The number of hydrogen-bond donors (Lipinski definition) is 0. The first-order valence-corrected chi connectivity index (χ1v) is 19.2. The molecule has 0 aliphatic carbocycles. The molecule has 0 atom stereocenters. The lowest BCUT2D eigenvalue weighted by Gasteiger charge is -2.16. The van der Waals surface area contributed by atoms with Gasteiger partial charge in [-0.25, -0.2) is 15.0 Å². The second-order valence-corrected chi connectivity index (χ2v) is 15.0. The summed E-state index contributed by atoms with van der Waals surface area (Å²) in [5, 5.41) is 9.23. The van der Waals surface area contributed by atoms with E-state index in [1.54, 1.807) is 11.3 Å². The Morgan fingerprint density at radius 1 is 0.436 bits per heavy atom. The maximum Gasteiger partial charge on any atom is 0.166 e. The van der Waals surface area contributed by atoms with Crippen molar-refractivity contribution < 1.29 is 4.42 Å². The number of thiophene rings is 1. The van der Waals surface area contributed by atoms with Gasteiger partial charge in [0.15, 0.2) is 17.5 Å². The quantitative estimate of drug-likeness (QED) is 0.182. The highest BCUT2D eigenvalue weighted by molar-refractivity contribution is 7.26. The number of nitrogens with zero attached hydrogens (tertiary/aromatic N) is 4. The molecule has 12 aromatic rings. The van der Waals surface area contributed by atoms with Gasteiger partial charge < -0.3 is 8.98 Å². The van der Waals surface area contributed by atoms with Crippen LogP contribution in [0.2, 0.25) is 0 Å². The van der Waals surface area contributed by atoms with Crippen molar-refractivity contribution in [2.45, 2.75) is 0 Å². The number of aromatic nitrogens is 4. The summed E-state index contributed by atoms with van der Waals surface area (Å²) in [4.78, 5) is 15.9. The Balaban J connectivity index is 1.23. The molecule has 0 saturated carbocycles. The smallest absolute Gasteiger partial charge is 0.166 e. The molecule has 0 fully saturated rings. The zero-order valence-electron chi connectivity index (χ0n) is 29.3. The molecule has 0 N–H and O–H groups in total. The zero-order valence-corrected chi connectivity index (χ0v) is 30.1. The van der Waals surface area contributed by atoms with Crippen molar-refractivity contribution in [3.8, 4) is 39.9 Å². The van der Waals surface area contributed by atoms with Gasteiger partial charge in [0.05, 0.1) is 22.1 Å². The van der Waals surface area contributed by atoms with E-state index in [9.17, 15) is 0 Å². The van der Waals surface area contributed by atoms with Crippen LogP contribution in [-0.4, -0.2) is 19.5 Å². The van der Waals surface area contributed by atoms with E-state index < -0.39 is 0 Å². The molecule has 55 heavy (non-hydrogen) atoms. The number of benzene rings is 8. The average molecular weight is 721 g/mol. The topological polar surface area (TPSA) is 56.7 Å². The van der Waals surface area contributed by atoms with Crippen LogP contribution in [0.1, 0.15) is 0 Å². The third-order valence-electron chi connectivity index (χ3n) is 10.8. The molecule has 0 unspecified atom stereocenters. The van der Waals surface area contributed by atoms with E-state index in [1.807, 2.05) is 30.3 Å². The first-order valence-electron chi connectivity index (χ1n) is 18.4. The van der Waals surface area contributed by atoms with Gasteiger partial charge in [-0.15, -0.1) is 11.3 Å². The first-order chi connectivity index (χ1) is 27.3. The second kappa shape index (κ2) is 11.7. The molecule has 0 bridgehead atoms. The van der Waals surface area contributed by atoms with Gasteiger partial charge in [0, 0.05) is 53.0 Å². The highest BCUT2D eigenvalue weighted by Gasteiger charge is 2.25. The third kappa shape index (κ3) is 4.55. The molecule has 8 aromatic carbocycles. The molecule has 4 heterocycles. The van der Waals surface area contributed by atoms with Crippen molar-refractivity contribution in [1.29, 1.82) is 0 Å². The Morgan fingerprint density at radius 2 is 1.11 bits per heavy atom. The van der Waals surface area contributed by atoms with Gasteiger partial charge in [0.2, 0.25) is 0 Å². The molecule has 0 aliphatic heterocycles. The molecule has 12 rings (SSSR count). The van der Waals surface area contributed by atoms with Crippen molar-refractivity contribution in [2.24, 2.45) is 0 Å². The summed E-state index contributed by atoms with van der Waals surface area (Å²) in [5.74, 6) is 1.85. The van der Waals surface area contributed by atoms with E-state index >= 15 is 0 Å². The largest absolute Gasteiger partial charge is 0.456 e. The maximum atomic E-state index is 6.57. The fourth-order valence-electron chi connectivity index (χ4n) is 8.36. The maximum absolute atomic E-state index is 6.57. The van der Waals surface area contributed by atoms with Crippen LogP contribution in [-0.2, 0) is 0 Å². The third-order valence-corrected chi connectivity index (χ3v) is 12.1. The first kappa shape index (κ1) is 30.3. The molecule has 4 aromatic heterocycles. The Hall–Kier alpha value is -7.15. The molecule has 0 saturated heterocycles. The fourth-order valence-corrected chi connectivity index (χ4v) is 9.58. The van der Waals surface area contributed by atoms with Crippen LogP contribution in [0.3, 0.4) is 0 Å². The molecule has 0 radical (unpaired) electrons. The number of rotatable bonds is 4. The van der Waals surface area contributed by atoms with Gasteiger partial charge in [-0.1, -0.05) is 121 Å². The molecule has 0 spiro atoms. The van der Waals surface area contributed by atoms with Crippen molar-refractivity contribution in [1.82, 2.24) is 19.5 Å². The highest BCUT2D eigenvalue weighted by atomic mass is 32.1. The van der Waals surface area contributed by atoms with Gasteiger partial charge in [0.25, 0.3) is 0 Å². The van der Waals surface area contributed by atoms with Crippen molar-refractivity contribution in [3.63, 3.8) is 0 Å². The molecule has 256 valence electrons. The predicted molar refractivity (Wildman–Crippen MR) is 228 cm³/mol. The lowest BCUT2D eigenvalue weighted by molar-refractivity contribution is 0.669. The Labute approximate surface area is 318 Å². The van der Waals surface area contributed by atoms with Gasteiger partial charge >= 0.3 is 0 Å². The van der Waals surface area contributed by atoms with Crippen LogP contribution in [0.15, 0.2) is 174 Å². The number of hydrogen-bond acceptors (Lipinski definition) is 5. The number of fused-ring (bicyclic) bond motifs is 10. The minimum absolute atomic E-state index is 0.593. The van der Waals surface area contributed by atoms with Crippen LogP contribution >= 0.6 is 11.3 Å². The van der Waals surface area contributed by atoms with E-state index in [0.717, 1.165) is 60.0 Å². The fraction of sp³-hybridized carbons (Fsp3) is 0. The van der Waals surface area contributed by atoms with Gasteiger partial charge in [0.1, 0.15) is 11.2 Å². The van der Waals surface area contributed by atoms with E-state index in [-0.39, 0.29) is 0 Å². The van der Waals surface area contributed by atoms with Gasteiger partial charge in [-0.3, -0.25) is 0 Å². The minimum Gasteiger partial charge on any atom is -0.456 e. The molecule has 5 nitrogen and oxygen atoms in total. The van der Waals surface area contributed by atoms with Crippen molar-refractivity contribution >= 4 is 86.0 Å². The Bertz CT molecular complexity index is 3500. The summed E-state index contributed by atoms with van der Waals surface area (Å²) in [7, 11) is 0. The Kier molecular flexibility index (Phi) is 6.44. The molecular weight excluding hydrogens is 693 g/mol. The normalized spacial score (nSPS) is 12.0. The summed E-state index contributed by atoms with van der Waals surface area (Å²) in [5.41, 5.74) is 7.61. The van der Waals surface area contributed by atoms with Crippen LogP contribution in [0.4, 0.5) is 0 Å². The summed E-state index contributed by atoms with van der Waals surface area (Å²) < 4.78 is 11.4.